The van der Waals surface area contributed by atoms with Gasteiger partial charge in [0.15, 0.2) is 0 Å². The summed E-state index contributed by atoms with van der Waals surface area (Å²) in [4.78, 5) is 25.1. The van der Waals surface area contributed by atoms with Crippen molar-refractivity contribution in [2.75, 3.05) is 6.54 Å². The summed E-state index contributed by atoms with van der Waals surface area (Å²) in [5.41, 5.74) is 2.19. The first kappa shape index (κ1) is 16.2. The molecule has 20 heavy (non-hydrogen) atoms. The summed E-state index contributed by atoms with van der Waals surface area (Å²) in [5.74, 6) is -0.201. The predicted octanol–water partition coefficient (Wildman–Crippen LogP) is 2.26. The Kier molecular flexibility index (Phi) is 6.22. The van der Waals surface area contributed by atoms with Crippen molar-refractivity contribution in [2.24, 2.45) is 0 Å². The minimum Gasteiger partial charge on any atom is -0.352 e. The quantitative estimate of drug-likeness (QED) is 0.866. The highest BCUT2D eigenvalue weighted by molar-refractivity contribution is 5.83. The highest BCUT2D eigenvalue weighted by Gasteiger charge is 2.15. The van der Waals surface area contributed by atoms with Crippen LogP contribution in [0, 0.1) is 6.92 Å². The number of hydrogen-bond donors (Lipinski definition) is 1. The Balaban J connectivity index is 2.65. The van der Waals surface area contributed by atoms with Gasteiger partial charge >= 0.3 is 0 Å². The molecule has 2 amide bonds. The lowest BCUT2D eigenvalue weighted by molar-refractivity contribution is -0.135. The number of amides is 2. The second kappa shape index (κ2) is 7.68. The van der Waals surface area contributed by atoms with Crippen LogP contribution in [0.25, 0.3) is 0 Å². The van der Waals surface area contributed by atoms with Gasteiger partial charge in [-0.15, -0.1) is 0 Å². The van der Waals surface area contributed by atoms with Crippen LogP contribution in [0.15, 0.2) is 24.3 Å². The zero-order chi connectivity index (χ0) is 15.1. The minimum absolute atomic E-state index is 0.0918. The lowest BCUT2D eigenvalue weighted by Crippen LogP contribution is -2.42. The Morgan fingerprint density at radius 1 is 1.35 bits per heavy atom. The number of nitrogens with one attached hydrogen (secondary N) is 1. The molecule has 4 heteroatoms. The van der Waals surface area contributed by atoms with Crippen LogP contribution in [0.4, 0.5) is 0 Å². The van der Waals surface area contributed by atoms with E-state index < -0.39 is 0 Å². The fourth-order valence-corrected chi connectivity index (χ4v) is 1.91. The molecule has 1 rings (SSSR count). The summed E-state index contributed by atoms with van der Waals surface area (Å²) >= 11 is 0. The molecule has 0 fully saturated rings. The third kappa shape index (κ3) is 5.43. The number of carbonyl (C=O) groups excluding carboxylic acids is 2. The van der Waals surface area contributed by atoms with Crippen LogP contribution >= 0.6 is 0 Å². The van der Waals surface area contributed by atoms with Gasteiger partial charge in [0.1, 0.15) is 0 Å². The molecule has 1 aromatic rings. The smallest absolute Gasteiger partial charge is 0.239 e. The van der Waals surface area contributed by atoms with Crippen molar-refractivity contribution in [1.29, 1.82) is 0 Å². The van der Waals surface area contributed by atoms with E-state index >= 15 is 0 Å². The number of nitrogens with zero attached hydrogens (tertiary/aromatic N) is 1. The zero-order valence-corrected chi connectivity index (χ0v) is 12.8. The molecule has 0 saturated heterocycles. The molecular weight excluding hydrogens is 252 g/mol. The number of rotatable bonds is 6. The van der Waals surface area contributed by atoms with Gasteiger partial charge in [0.2, 0.25) is 11.8 Å². The van der Waals surface area contributed by atoms with Gasteiger partial charge in [0.05, 0.1) is 6.54 Å². The van der Waals surface area contributed by atoms with Crippen LogP contribution in [-0.2, 0) is 16.1 Å². The van der Waals surface area contributed by atoms with Gasteiger partial charge in [-0.2, -0.15) is 0 Å². The van der Waals surface area contributed by atoms with Crippen molar-refractivity contribution >= 4 is 11.8 Å². The average Bonchev–Trinajstić information content (AvgIpc) is 2.37. The molecule has 110 valence electrons. The first-order valence-corrected chi connectivity index (χ1v) is 7.02. The lowest BCUT2D eigenvalue weighted by atomic mass is 10.1. The molecule has 0 spiro atoms. The van der Waals surface area contributed by atoms with E-state index in [-0.39, 0.29) is 24.4 Å². The van der Waals surface area contributed by atoms with Gasteiger partial charge in [-0.05, 0) is 25.8 Å². The summed E-state index contributed by atoms with van der Waals surface area (Å²) < 4.78 is 0. The highest BCUT2D eigenvalue weighted by Crippen LogP contribution is 2.08. The van der Waals surface area contributed by atoms with Gasteiger partial charge in [-0.1, -0.05) is 36.8 Å². The summed E-state index contributed by atoms with van der Waals surface area (Å²) in [6.45, 7) is 8.04. The van der Waals surface area contributed by atoms with Crippen LogP contribution in [0.3, 0.4) is 0 Å². The Morgan fingerprint density at radius 3 is 2.60 bits per heavy atom. The van der Waals surface area contributed by atoms with Crippen LogP contribution in [0.1, 0.15) is 38.3 Å². The van der Waals surface area contributed by atoms with Gasteiger partial charge < -0.3 is 10.2 Å². The number of aryl methyl sites for hydroxylation is 1. The van der Waals surface area contributed by atoms with Crippen molar-refractivity contribution in [1.82, 2.24) is 10.2 Å². The van der Waals surface area contributed by atoms with E-state index in [9.17, 15) is 9.59 Å². The second-order valence-corrected chi connectivity index (χ2v) is 5.24. The van der Waals surface area contributed by atoms with E-state index in [1.54, 1.807) is 4.90 Å². The molecule has 0 saturated carbocycles. The molecule has 0 aliphatic heterocycles. The fraction of sp³-hybridized carbons (Fsp3) is 0.500. The SMILES string of the molecule is CCC(C)NC(=O)CN(Cc1cccc(C)c1)C(C)=O. The zero-order valence-electron chi connectivity index (χ0n) is 12.8. The topological polar surface area (TPSA) is 49.4 Å². The summed E-state index contributed by atoms with van der Waals surface area (Å²) in [6.07, 6.45) is 0.879. The van der Waals surface area contributed by atoms with Crippen LogP contribution in [-0.4, -0.2) is 29.3 Å². The van der Waals surface area contributed by atoms with E-state index in [1.807, 2.05) is 45.0 Å². The fourth-order valence-electron chi connectivity index (χ4n) is 1.91. The third-order valence-corrected chi connectivity index (χ3v) is 3.26. The van der Waals surface area contributed by atoms with Gasteiger partial charge in [-0.3, -0.25) is 9.59 Å². The third-order valence-electron chi connectivity index (χ3n) is 3.26. The molecule has 1 N–H and O–H groups in total. The van der Waals surface area contributed by atoms with Crippen molar-refractivity contribution in [3.63, 3.8) is 0 Å². The maximum Gasteiger partial charge on any atom is 0.239 e. The van der Waals surface area contributed by atoms with Crippen LogP contribution in [0.5, 0.6) is 0 Å². The Bertz CT molecular complexity index is 471. The first-order chi connectivity index (χ1) is 9.42. The molecule has 0 heterocycles. The number of hydrogen-bond acceptors (Lipinski definition) is 2. The summed E-state index contributed by atoms with van der Waals surface area (Å²) in [6, 6.07) is 8.10. The highest BCUT2D eigenvalue weighted by atomic mass is 16.2. The Morgan fingerprint density at radius 2 is 2.05 bits per heavy atom. The normalized spacial score (nSPS) is 11.8. The van der Waals surface area contributed by atoms with Gasteiger partial charge in [0.25, 0.3) is 0 Å². The summed E-state index contributed by atoms with van der Waals surface area (Å²) in [5, 5.41) is 2.88. The first-order valence-electron chi connectivity index (χ1n) is 7.02. The molecule has 0 bridgehead atoms. The van der Waals surface area contributed by atoms with E-state index in [4.69, 9.17) is 0 Å². The Labute approximate surface area is 121 Å². The van der Waals surface area contributed by atoms with Gasteiger partial charge in [-0.25, -0.2) is 0 Å². The van der Waals surface area contributed by atoms with Crippen molar-refractivity contribution in [3.05, 3.63) is 35.4 Å². The monoisotopic (exact) mass is 276 g/mol. The van der Waals surface area contributed by atoms with E-state index in [1.165, 1.54) is 6.92 Å². The average molecular weight is 276 g/mol. The summed E-state index contributed by atoms with van der Waals surface area (Å²) in [7, 11) is 0. The van der Waals surface area contributed by atoms with Crippen LogP contribution in [0.2, 0.25) is 0 Å². The van der Waals surface area contributed by atoms with Crippen molar-refractivity contribution in [2.45, 2.75) is 46.7 Å². The van der Waals surface area contributed by atoms with E-state index in [0.29, 0.717) is 6.54 Å². The molecular formula is C16H24N2O2. The molecule has 0 aliphatic carbocycles. The van der Waals surface area contributed by atoms with Crippen molar-refractivity contribution in [3.8, 4) is 0 Å². The largest absolute Gasteiger partial charge is 0.352 e. The number of carbonyl (C=O) groups is 2. The van der Waals surface area contributed by atoms with Gasteiger partial charge in [0, 0.05) is 19.5 Å². The molecule has 0 aromatic heterocycles. The van der Waals surface area contributed by atoms with Crippen molar-refractivity contribution < 1.29 is 9.59 Å². The second-order valence-electron chi connectivity index (χ2n) is 5.24. The molecule has 0 aliphatic rings. The van der Waals surface area contributed by atoms with E-state index in [0.717, 1.165) is 17.5 Å². The Hall–Kier alpha value is -1.84. The lowest BCUT2D eigenvalue weighted by Gasteiger charge is -2.22. The molecule has 4 nitrogen and oxygen atoms in total. The molecule has 1 aromatic carbocycles. The molecule has 1 unspecified atom stereocenters. The minimum atomic E-state index is -0.109. The van der Waals surface area contributed by atoms with E-state index in [2.05, 4.69) is 5.32 Å². The van der Waals surface area contributed by atoms with Crippen LogP contribution < -0.4 is 5.32 Å². The standard InChI is InChI=1S/C16H24N2O2/c1-5-13(3)17-16(20)11-18(14(4)19)10-15-8-6-7-12(2)9-15/h6-9,13H,5,10-11H2,1-4H3,(H,17,20). The number of benzene rings is 1. The maximum absolute atomic E-state index is 11.9. The molecule has 1 atom stereocenters. The molecule has 0 radical (unpaired) electrons. The maximum atomic E-state index is 11.9. The predicted molar refractivity (Wildman–Crippen MR) is 80.2 cm³/mol.